The smallest absolute Gasteiger partial charge is 0.337 e. The van der Waals surface area contributed by atoms with Gasteiger partial charge in [0.1, 0.15) is 0 Å². The molecule has 0 aromatic carbocycles. The van der Waals surface area contributed by atoms with E-state index in [2.05, 4.69) is 11.3 Å². The van der Waals surface area contributed by atoms with E-state index in [4.69, 9.17) is 4.55 Å². The highest BCUT2D eigenvalue weighted by Crippen LogP contribution is 1.93. The molecule has 0 aromatic heterocycles. The van der Waals surface area contributed by atoms with E-state index in [1.54, 1.807) is 0 Å². The standard InChI is InChI=1S/C7H10O5S/c1-6(2)7(8)12-4-3-5-13(9,10)11/h3-4H,1,5H2,2H3,(H,9,10,11)/b4-3+. The minimum Gasteiger partial charge on any atom is -0.431 e. The third-order valence-corrected chi connectivity index (χ3v) is 1.54. The number of carbonyl (C=O) groups excluding carboxylic acids is 1. The van der Waals surface area contributed by atoms with Gasteiger partial charge >= 0.3 is 5.97 Å². The zero-order valence-corrected chi connectivity index (χ0v) is 7.87. The van der Waals surface area contributed by atoms with Crippen LogP contribution in [-0.2, 0) is 19.6 Å². The van der Waals surface area contributed by atoms with Crippen LogP contribution in [0.3, 0.4) is 0 Å². The molecule has 0 saturated carbocycles. The van der Waals surface area contributed by atoms with Crippen LogP contribution in [0, 0.1) is 0 Å². The van der Waals surface area contributed by atoms with Crippen molar-refractivity contribution in [2.45, 2.75) is 6.92 Å². The molecule has 0 atom stereocenters. The highest BCUT2D eigenvalue weighted by atomic mass is 32.2. The number of hydrogen-bond acceptors (Lipinski definition) is 4. The van der Waals surface area contributed by atoms with Gasteiger partial charge in [-0.2, -0.15) is 8.42 Å². The Balaban J connectivity index is 3.91. The maximum absolute atomic E-state index is 10.7. The van der Waals surface area contributed by atoms with Crippen LogP contribution in [0.4, 0.5) is 0 Å². The van der Waals surface area contributed by atoms with Crippen LogP contribution in [0.25, 0.3) is 0 Å². The average Bonchev–Trinajstić information content (AvgIpc) is 1.95. The quantitative estimate of drug-likeness (QED) is 0.313. The highest BCUT2D eigenvalue weighted by Gasteiger charge is 2.01. The molecule has 0 unspecified atom stereocenters. The predicted octanol–water partition coefficient (Wildman–Crippen LogP) is 0.507. The molecule has 0 fully saturated rings. The Kier molecular flexibility index (Phi) is 4.36. The minimum atomic E-state index is -4.04. The van der Waals surface area contributed by atoms with E-state index >= 15 is 0 Å². The second-order valence-corrected chi connectivity index (χ2v) is 3.80. The third-order valence-electron chi connectivity index (χ3n) is 0.927. The monoisotopic (exact) mass is 206 g/mol. The molecule has 0 aliphatic rings. The highest BCUT2D eigenvalue weighted by molar-refractivity contribution is 7.85. The zero-order valence-electron chi connectivity index (χ0n) is 7.06. The summed E-state index contributed by atoms with van der Waals surface area (Å²) >= 11 is 0. The van der Waals surface area contributed by atoms with Crippen LogP contribution < -0.4 is 0 Å². The first kappa shape index (κ1) is 11.9. The first-order valence-electron chi connectivity index (χ1n) is 3.29. The van der Waals surface area contributed by atoms with E-state index in [9.17, 15) is 13.2 Å². The zero-order chi connectivity index (χ0) is 10.5. The van der Waals surface area contributed by atoms with E-state index in [1.165, 1.54) is 6.92 Å². The molecule has 0 saturated heterocycles. The number of esters is 1. The van der Waals surface area contributed by atoms with E-state index in [1.807, 2.05) is 0 Å². The Morgan fingerprint density at radius 2 is 2.15 bits per heavy atom. The van der Waals surface area contributed by atoms with Crippen LogP contribution in [0.5, 0.6) is 0 Å². The lowest BCUT2D eigenvalue weighted by Crippen LogP contribution is -2.02. The SMILES string of the molecule is C=C(C)C(=O)O/C=C/CS(=O)(=O)O. The lowest BCUT2D eigenvalue weighted by atomic mass is 10.4. The van der Waals surface area contributed by atoms with Gasteiger partial charge in [-0.1, -0.05) is 6.58 Å². The van der Waals surface area contributed by atoms with Gasteiger partial charge in [-0.15, -0.1) is 0 Å². The summed E-state index contributed by atoms with van der Waals surface area (Å²) in [6, 6.07) is 0. The molecule has 13 heavy (non-hydrogen) atoms. The Labute approximate surface area is 76.5 Å². The summed E-state index contributed by atoms with van der Waals surface area (Å²) < 4.78 is 33.0. The Morgan fingerprint density at radius 3 is 2.54 bits per heavy atom. The fraction of sp³-hybridized carbons (Fsp3) is 0.286. The lowest BCUT2D eigenvalue weighted by molar-refractivity contribution is -0.133. The third kappa shape index (κ3) is 7.23. The summed E-state index contributed by atoms with van der Waals surface area (Å²) in [5.41, 5.74) is 0.205. The number of carbonyl (C=O) groups is 1. The van der Waals surface area contributed by atoms with Crippen molar-refractivity contribution >= 4 is 16.1 Å². The van der Waals surface area contributed by atoms with Gasteiger partial charge in [0.15, 0.2) is 0 Å². The molecule has 0 amide bonds. The molecule has 0 rings (SSSR count). The molecular weight excluding hydrogens is 196 g/mol. The van der Waals surface area contributed by atoms with Crippen LogP contribution in [0.15, 0.2) is 24.5 Å². The average molecular weight is 206 g/mol. The van der Waals surface area contributed by atoms with Crippen LogP contribution >= 0.6 is 0 Å². The van der Waals surface area contributed by atoms with E-state index in [0.29, 0.717) is 0 Å². The van der Waals surface area contributed by atoms with E-state index in [0.717, 1.165) is 12.3 Å². The summed E-state index contributed by atoms with van der Waals surface area (Å²) in [6.07, 6.45) is 1.90. The normalized spacial score (nSPS) is 11.5. The molecule has 0 spiro atoms. The lowest BCUT2D eigenvalue weighted by Gasteiger charge is -1.95. The largest absolute Gasteiger partial charge is 0.431 e. The number of ether oxygens (including phenoxy) is 1. The molecular formula is C7H10O5S. The van der Waals surface area contributed by atoms with E-state index in [-0.39, 0.29) is 5.57 Å². The Morgan fingerprint density at radius 1 is 1.62 bits per heavy atom. The van der Waals surface area contributed by atoms with Gasteiger partial charge in [0, 0.05) is 5.57 Å². The topological polar surface area (TPSA) is 80.7 Å². The molecule has 0 radical (unpaired) electrons. The van der Waals surface area contributed by atoms with Crippen molar-refractivity contribution in [3.8, 4) is 0 Å². The van der Waals surface area contributed by atoms with Crippen molar-refractivity contribution in [3.05, 3.63) is 24.5 Å². The van der Waals surface area contributed by atoms with Gasteiger partial charge in [-0.3, -0.25) is 4.55 Å². The first-order valence-corrected chi connectivity index (χ1v) is 4.90. The van der Waals surface area contributed by atoms with Crippen molar-refractivity contribution in [2.24, 2.45) is 0 Å². The molecule has 0 heterocycles. The number of rotatable bonds is 4. The van der Waals surface area contributed by atoms with Gasteiger partial charge in [0.05, 0.1) is 12.0 Å². The summed E-state index contributed by atoms with van der Waals surface area (Å²) in [6.45, 7) is 4.76. The van der Waals surface area contributed by atoms with Crippen molar-refractivity contribution in [1.82, 2.24) is 0 Å². The molecule has 0 bridgehead atoms. The second kappa shape index (κ2) is 4.78. The second-order valence-electron chi connectivity index (χ2n) is 2.31. The summed E-state index contributed by atoms with van der Waals surface area (Å²) in [7, 11) is -4.04. The fourth-order valence-electron chi connectivity index (χ4n) is 0.371. The van der Waals surface area contributed by atoms with Crippen molar-refractivity contribution < 1.29 is 22.5 Å². The molecule has 0 aromatic rings. The predicted molar refractivity (Wildman–Crippen MR) is 46.5 cm³/mol. The van der Waals surface area contributed by atoms with Crippen molar-refractivity contribution in [1.29, 1.82) is 0 Å². The van der Waals surface area contributed by atoms with Crippen LogP contribution in [0.2, 0.25) is 0 Å². The Hall–Kier alpha value is -1.14. The van der Waals surface area contributed by atoms with Crippen molar-refractivity contribution in [2.75, 3.05) is 5.75 Å². The molecule has 0 aliphatic heterocycles. The maximum Gasteiger partial charge on any atom is 0.337 e. The van der Waals surface area contributed by atoms with Gasteiger partial charge in [0.2, 0.25) is 0 Å². The summed E-state index contributed by atoms with van der Waals surface area (Å²) in [4.78, 5) is 10.7. The van der Waals surface area contributed by atoms with Crippen molar-refractivity contribution in [3.63, 3.8) is 0 Å². The fourth-order valence-corrected chi connectivity index (χ4v) is 0.693. The molecule has 1 N–H and O–H groups in total. The van der Waals surface area contributed by atoms with E-state index < -0.39 is 21.8 Å². The van der Waals surface area contributed by atoms with Gasteiger partial charge < -0.3 is 4.74 Å². The van der Waals surface area contributed by atoms with Crippen LogP contribution in [0.1, 0.15) is 6.92 Å². The Bertz CT molecular complexity index is 325. The first-order chi connectivity index (χ1) is 5.83. The van der Waals surface area contributed by atoms with Crippen LogP contribution in [-0.4, -0.2) is 24.7 Å². The minimum absolute atomic E-state index is 0.205. The van der Waals surface area contributed by atoms with Gasteiger partial charge in [-0.25, -0.2) is 4.79 Å². The summed E-state index contributed by atoms with van der Waals surface area (Å²) in [5.74, 6) is -1.23. The molecule has 5 nitrogen and oxygen atoms in total. The van der Waals surface area contributed by atoms with Gasteiger partial charge in [0.25, 0.3) is 10.1 Å². The molecule has 74 valence electrons. The number of hydrogen-bond donors (Lipinski definition) is 1. The molecule has 6 heteroatoms. The maximum atomic E-state index is 10.7. The summed E-state index contributed by atoms with van der Waals surface area (Å²) in [5, 5.41) is 0. The van der Waals surface area contributed by atoms with Gasteiger partial charge in [-0.05, 0) is 13.0 Å². The molecule has 0 aliphatic carbocycles.